The molecule has 5 N–H and O–H groups in total. The first-order valence-corrected chi connectivity index (χ1v) is 21.7. The van der Waals surface area contributed by atoms with E-state index in [-0.39, 0.29) is 24.3 Å². The molecule has 6 rings (SSSR count). The largest absolute Gasteiger partial charge is 0.444 e. The number of ether oxygens (including phenoxy) is 3. The van der Waals surface area contributed by atoms with Gasteiger partial charge in [0.15, 0.2) is 22.9 Å². The predicted octanol–water partition coefficient (Wildman–Crippen LogP) is 7.27. The van der Waals surface area contributed by atoms with Gasteiger partial charge in [0.2, 0.25) is 11.8 Å². The van der Waals surface area contributed by atoms with Gasteiger partial charge in [-0.3, -0.25) is 18.4 Å². The SMILES string of the molecule is CC(C)(C)OC(=O)NC(C)(C)C(=O)N[C@H](COCc1ccccc1)c1nnc2ccc(Cl)c(Cl)n12.CN(C)c1c(Cl)ccc2nnc([C@@H](COCc3ccccc3)NC(=O)C(C)(C)N)n12. The van der Waals surface area contributed by atoms with Gasteiger partial charge in [0, 0.05) is 14.1 Å². The highest BCUT2D eigenvalue weighted by Gasteiger charge is 2.35. The van der Waals surface area contributed by atoms with Gasteiger partial charge < -0.3 is 40.8 Å². The molecular weight excluding hydrogens is 897 g/mol. The van der Waals surface area contributed by atoms with E-state index in [4.69, 9.17) is 54.7 Å². The number of carbonyl (C=O) groups excluding carboxylic acids is 3. The molecule has 0 saturated heterocycles. The van der Waals surface area contributed by atoms with Crippen LogP contribution in [-0.4, -0.2) is 91.1 Å². The smallest absolute Gasteiger partial charge is 0.408 e. The van der Waals surface area contributed by atoms with Crippen LogP contribution in [0.2, 0.25) is 15.2 Å². The zero-order chi connectivity index (χ0) is 47.7. The molecule has 0 aliphatic rings. The van der Waals surface area contributed by atoms with Gasteiger partial charge in [-0.25, -0.2) is 4.79 Å². The summed E-state index contributed by atoms with van der Waals surface area (Å²) in [4.78, 5) is 40.0. The number of nitrogens with zero attached hydrogens (tertiary/aromatic N) is 7. The third kappa shape index (κ3) is 13.7. The maximum Gasteiger partial charge on any atom is 0.408 e. The van der Waals surface area contributed by atoms with Gasteiger partial charge in [0.25, 0.3) is 0 Å². The predicted molar refractivity (Wildman–Crippen MR) is 251 cm³/mol. The highest BCUT2D eigenvalue weighted by Crippen LogP contribution is 2.29. The van der Waals surface area contributed by atoms with E-state index in [9.17, 15) is 14.4 Å². The van der Waals surface area contributed by atoms with Gasteiger partial charge in [0.1, 0.15) is 34.2 Å². The van der Waals surface area contributed by atoms with E-state index in [1.165, 1.54) is 0 Å². The van der Waals surface area contributed by atoms with Crippen molar-refractivity contribution in [3.8, 4) is 0 Å². The summed E-state index contributed by atoms with van der Waals surface area (Å²) in [5.74, 6) is 0.764. The highest BCUT2D eigenvalue weighted by molar-refractivity contribution is 6.41. The van der Waals surface area contributed by atoms with Crippen molar-refractivity contribution in [3.63, 3.8) is 0 Å². The Morgan fingerprint density at radius 2 is 1.12 bits per heavy atom. The Kier molecular flexibility index (Phi) is 16.8. The number of halogens is 3. The summed E-state index contributed by atoms with van der Waals surface area (Å²) >= 11 is 19.1. The second kappa shape index (κ2) is 21.6. The first-order chi connectivity index (χ1) is 30.6. The number of amides is 3. The van der Waals surface area contributed by atoms with Crippen LogP contribution in [-0.2, 0) is 37.0 Å². The van der Waals surface area contributed by atoms with E-state index in [2.05, 4.69) is 36.3 Å². The quantitative estimate of drug-likeness (QED) is 0.0708. The summed E-state index contributed by atoms with van der Waals surface area (Å²) in [6.07, 6.45) is -0.711. The van der Waals surface area contributed by atoms with Crippen molar-refractivity contribution in [2.45, 2.75) is 90.4 Å². The monoisotopic (exact) mass is 951 g/mol. The maximum atomic E-state index is 13.2. The minimum absolute atomic E-state index is 0.0623. The Hall–Kier alpha value is -5.56. The lowest BCUT2D eigenvalue weighted by Crippen LogP contribution is -2.56. The number of nitrogens with two attached hydrogens (primary N) is 1. The summed E-state index contributed by atoms with van der Waals surface area (Å²) in [6.45, 7) is 12.6. The first kappa shape index (κ1) is 50.4. The van der Waals surface area contributed by atoms with Gasteiger partial charge in [-0.2, -0.15) is 0 Å². The third-order valence-corrected chi connectivity index (χ3v) is 10.5. The van der Waals surface area contributed by atoms with Gasteiger partial charge >= 0.3 is 6.09 Å². The van der Waals surface area contributed by atoms with Crippen LogP contribution >= 0.6 is 34.8 Å². The van der Waals surface area contributed by atoms with Crippen molar-refractivity contribution in [2.24, 2.45) is 5.73 Å². The molecule has 6 aromatic rings. The van der Waals surface area contributed by atoms with E-state index < -0.39 is 40.8 Å². The Morgan fingerprint density at radius 1 is 0.662 bits per heavy atom. The van der Waals surface area contributed by atoms with Gasteiger partial charge in [0.05, 0.1) is 42.0 Å². The third-order valence-electron chi connectivity index (χ3n) is 9.42. The molecule has 4 heterocycles. The molecule has 17 nitrogen and oxygen atoms in total. The number of hydrogen-bond acceptors (Lipinski definition) is 12. The normalized spacial score (nSPS) is 12.8. The summed E-state index contributed by atoms with van der Waals surface area (Å²) < 4.78 is 20.5. The molecule has 348 valence electrons. The number of aromatic nitrogens is 6. The summed E-state index contributed by atoms with van der Waals surface area (Å²) in [5, 5.41) is 26.5. The van der Waals surface area contributed by atoms with Crippen LogP contribution in [0.4, 0.5) is 10.6 Å². The van der Waals surface area contributed by atoms with Crippen molar-refractivity contribution in [1.29, 1.82) is 0 Å². The summed E-state index contributed by atoms with van der Waals surface area (Å²) in [7, 11) is 3.76. The molecule has 2 aromatic carbocycles. The Morgan fingerprint density at radius 3 is 1.60 bits per heavy atom. The number of pyridine rings is 2. The van der Waals surface area contributed by atoms with Crippen molar-refractivity contribution in [3.05, 3.63) is 123 Å². The lowest BCUT2D eigenvalue weighted by molar-refractivity contribution is -0.128. The van der Waals surface area contributed by atoms with Crippen LogP contribution in [0.25, 0.3) is 11.3 Å². The van der Waals surface area contributed by atoms with E-state index in [0.717, 1.165) is 11.1 Å². The molecule has 0 aliphatic heterocycles. The molecule has 0 spiro atoms. The van der Waals surface area contributed by atoms with Crippen molar-refractivity contribution in [1.82, 2.24) is 45.1 Å². The summed E-state index contributed by atoms with van der Waals surface area (Å²) in [6, 6.07) is 24.9. The van der Waals surface area contributed by atoms with E-state index >= 15 is 0 Å². The maximum absolute atomic E-state index is 13.2. The molecule has 0 radical (unpaired) electrons. The summed E-state index contributed by atoms with van der Waals surface area (Å²) in [5.41, 5.74) is 6.00. The Labute approximate surface area is 393 Å². The zero-order valence-corrected chi connectivity index (χ0v) is 40.1. The average Bonchev–Trinajstić information content (AvgIpc) is 3.86. The lowest BCUT2D eigenvalue weighted by atomic mass is 10.0. The lowest BCUT2D eigenvalue weighted by Gasteiger charge is -2.29. The van der Waals surface area contributed by atoms with Crippen LogP contribution in [0.3, 0.4) is 0 Å². The number of rotatable bonds is 16. The number of hydrogen-bond donors (Lipinski definition) is 4. The Bertz CT molecular complexity index is 2560. The van der Waals surface area contributed by atoms with E-state index in [0.29, 0.717) is 52.0 Å². The van der Waals surface area contributed by atoms with Gasteiger partial charge in [-0.05, 0) is 83.9 Å². The molecule has 0 bridgehead atoms. The molecule has 65 heavy (non-hydrogen) atoms. The molecule has 4 aromatic heterocycles. The minimum Gasteiger partial charge on any atom is -0.444 e. The topological polar surface area (TPSA) is 205 Å². The fraction of sp³-hybridized carbons (Fsp3) is 0.400. The molecule has 0 unspecified atom stereocenters. The minimum atomic E-state index is -1.30. The molecule has 0 fully saturated rings. The van der Waals surface area contributed by atoms with E-state index in [1.54, 1.807) is 77.1 Å². The molecular formula is C45H56Cl3N11O6. The number of nitrogens with one attached hydrogen (secondary N) is 3. The standard InChI is InChI=1S/C24H29Cl2N5O4.C21H27ClN6O2/c1-23(2,3)35-22(33)28-24(4,5)21(32)27-17(14-34-13-15-9-7-6-8-10-15)20-30-29-18-12-11-16(25)19(26)31(18)20;1-21(2,23)20(29)24-16(13-30-12-14-8-6-5-7-9-14)18-26-25-17-11-10-15(22)19(27(3)4)28(17)18/h6-12,17H,13-14H2,1-5H3,(H,27,32)(H,28,33);5-11,16H,12-13,23H2,1-4H3,(H,24,29)/t17-;16-/m11/s1. The number of anilines is 1. The number of carbonyl (C=O) groups is 3. The first-order valence-electron chi connectivity index (χ1n) is 20.6. The average molecular weight is 953 g/mol. The fourth-order valence-electron chi connectivity index (χ4n) is 6.17. The second-order valence-electron chi connectivity index (χ2n) is 17.4. The highest BCUT2D eigenvalue weighted by atomic mass is 35.5. The van der Waals surface area contributed by atoms with Crippen molar-refractivity contribution >= 4 is 69.8 Å². The van der Waals surface area contributed by atoms with Gasteiger partial charge in [-0.15, -0.1) is 20.4 Å². The van der Waals surface area contributed by atoms with E-state index in [1.807, 2.05) is 84.1 Å². The van der Waals surface area contributed by atoms with Crippen molar-refractivity contribution < 1.29 is 28.6 Å². The van der Waals surface area contributed by atoms with Crippen LogP contribution in [0.15, 0.2) is 84.9 Å². The van der Waals surface area contributed by atoms with Crippen molar-refractivity contribution in [2.75, 3.05) is 32.2 Å². The fourth-order valence-corrected chi connectivity index (χ4v) is 6.87. The molecule has 20 heteroatoms. The van der Waals surface area contributed by atoms with Crippen LogP contribution in [0, 0.1) is 0 Å². The Balaban J connectivity index is 0.000000247. The number of benzene rings is 2. The molecule has 0 saturated carbocycles. The van der Waals surface area contributed by atoms with Crippen LogP contribution in [0.5, 0.6) is 0 Å². The van der Waals surface area contributed by atoms with Crippen LogP contribution < -0.4 is 26.6 Å². The zero-order valence-electron chi connectivity index (χ0n) is 37.9. The molecule has 3 amide bonds. The molecule has 0 aliphatic carbocycles. The van der Waals surface area contributed by atoms with Crippen LogP contribution in [0.1, 0.15) is 83.3 Å². The molecule has 2 atom stereocenters. The van der Waals surface area contributed by atoms with Gasteiger partial charge in [-0.1, -0.05) is 95.5 Å². The second-order valence-corrected chi connectivity index (χ2v) is 18.6. The number of fused-ring (bicyclic) bond motifs is 2. The number of alkyl carbamates (subject to hydrolysis) is 1.